The first-order chi connectivity index (χ1) is 28.0. The summed E-state index contributed by atoms with van der Waals surface area (Å²) in [6.45, 7) is 3.82. The van der Waals surface area contributed by atoms with Crippen LogP contribution in [0.2, 0.25) is 5.02 Å². The monoisotopic (exact) mass is 891 g/mol. The SMILES string of the molecule is C[C@@H]1CCC=C[C@@H]2C[C@@]2(C(=O)NS(=O)(=O)C2(C)CC2)NC(=O)[C@@H]2C[C@@H](Oc3nc(OCC(F)F)cc4c(Cl)cccc34)CN2C(=O)[C@@H](N(C(=O)O)[C@H](C)C(F)(F)F)[C@H](C)C1. The Kier molecular flexibility index (Phi) is 12.6. The molecule has 60 heavy (non-hydrogen) atoms. The highest BCUT2D eigenvalue weighted by Gasteiger charge is 2.63. The van der Waals surface area contributed by atoms with E-state index < -0.39 is 106 Å². The zero-order valence-electron chi connectivity index (χ0n) is 33.2. The van der Waals surface area contributed by atoms with Crippen molar-refractivity contribution in [2.45, 2.75) is 120 Å². The largest absolute Gasteiger partial charge is 0.472 e. The van der Waals surface area contributed by atoms with Crippen LogP contribution in [-0.4, -0.2) is 112 Å². The number of hydrogen-bond acceptors (Lipinski definition) is 9. The van der Waals surface area contributed by atoms with E-state index in [4.69, 9.17) is 21.1 Å². The number of fused-ring (bicyclic) bond motifs is 3. The average molecular weight is 892 g/mol. The van der Waals surface area contributed by atoms with Crippen molar-refractivity contribution in [1.29, 1.82) is 0 Å². The fraction of sp³-hybridized carbons (Fsp3) is 0.615. The highest BCUT2D eigenvalue weighted by molar-refractivity contribution is 7.91. The number of alkyl halides is 5. The van der Waals surface area contributed by atoms with Gasteiger partial charge in [-0.15, -0.1) is 0 Å². The van der Waals surface area contributed by atoms with Gasteiger partial charge in [0.05, 0.1) is 11.3 Å². The van der Waals surface area contributed by atoms with E-state index in [0.717, 1.165) is 4.90 Å². The average Bonchev–Trinajstić information content (AvgIpc) is 4.03. The maximum absolute atomic E-state index is 14.9. The second kappa shape index (κ2) is 16.8. The molecular formula is C39H47ClF5N5O9S. The van der Waals surface area contributed by atoms with E-state index in [1.165, 1.54) is 26.0 Å². The standard InChI is InChI=1S/C39H47ClF5N5O9S/c1-20-8-5-6-9-23-17-38(23,35(53)48-60(56,57)37(4)12-13-37)47-32(51)28-15-24(59-33-25-10-7-11-27(40)26(25)16-30(46-33)58-19-29(41)42)18-49(28)34(52)31(21(2)14-20)50(36(54)55)22(3)39(43,44)45/h6-7,9-11,16,20-24,28-29,31H,5,8,12-15,17-19H2,1-4H3,(H,47,51)(H,48,53)(H,54,55)/t20-,21-,22-,23-,24-,28+,31+,38-/m1/s1. The molecular weight excluding hydrogens is 845 g/mol. The summed E-state index contributed by atoms with van der Waals surface area (Å²) in [5.74, 6) is -5.56. The number of rotatable bonds is 10. The lowest BCUT2D eigenvalue weighted by atomic mass is 9.86. The Morgan fingerprint density at radius 1 is 1.17 bits per heavy atom. The number of carboxylic acid groups (broad SMARTS) is 1. The number of pyridine rings is 1. The molecule has 1 aromatic heterocycles. The quantitative estimate of drug-likeness (QED) is 0.187. The maximum atomic E-state index is 14.9. The summed E-state index contributed by atoms with van der Waals surface area (Å²) >= 11 is 6.42. The van der Waals surface area contributed by atoms with Gasteiger partial charge in [0.2, 0.25) is 33.6 Å². The van der Waals surface area contributed by atoms with E-state index in [1.807, 2.05) is 0 Å². The van der Waals surface area contributed by atoms with E-state index in [1.54, 1.807) is 31.2 Å². The predicted molar refractivity (Wildman–Crippen MR) is 207 cm³/mol. The summed E-state index contributed by atoms with van der Waals surface area (Å²) in [7, 11) is -4.17. The molecule has 0 radical (unpaired) electrons. The topological polar surface area (TPSA) is 185 Å². The molecule has 4 amide bonds. The van der Waals surface area contributed by atoms with Crippen molar-refractivity contribution in [1.82, 2.24) is 24.8 Å². The molecule has 4 aliphatic rings. The number of halogens is 6. The van der Waals surface area contributed by atoms with Crippen LogP contribution in [0.25, 0.3) is 10.8 Å². The number of benzene rings is 1. The molecule has 0 spiro atoms. The van der Waals surface area contributed by atoms with Crippen molar-refractivity contribution in [2.75, 3.05) is 13.2 Å². The third-order valence-electron chi connectivity index (χ3n) is 12.0. The minimum absolute atomic E-state index is 0.0128. The number of nitrogens with zero attached hydrogens (tertiary/aromatic N) is 3. The number of ether oxygens (including phenoxy) is 2. The number of nitrogens with one attached hydrogen (secondary N) is 2. The van der Waals surface area contributed by atoms with Crippen LogP contribution in [-0.2, 0) is 24.4 Å². The Morgan fingerprint density at radius 3 is 2.50 bits per heavy atom. The van der Waals surface area contributed by atoms with E-state index >= 15 is 0 Å². The fourth-order valence-electron chi connectivity index (χ4n) is 8.11. The first-order valence-corrected chi connectivity index (χ1v) is 21.4. The number of carbonyl (C=O) groups is 4. The van der Waals surface area contributed by atoms with Crippen LogP contribution in [0.15, 0.2) is 36.4 Å². The van der Waals surface area contributed by atoms with Crippen LogP contribution in [0.5, 0.6) is 11.8 Å². The molecule has 330 valence electrons. The Balaban J connectivity index is 1.42. The second-order valence-electron chi connectivity index (χ2n) is 16.6. The lowest BCUT2D eigenvalue weighted by molar-refractivity contribution is -0.184. The highest BCUT2D eigenvalue weighted by Crippen LogP contribution is 2.48. The molecule has 1 aromatic carbocycles. The van der Waals surface area contributed by atoms with Crippen LogP contribution < -0.4 is 19.5 Å². The Hall–Kier alpha value is -4.46. The highest BCUT2D eigenvalue weighted by atomic mass is 35.5. The third-order valence-corrected chi connectivity index (χ3v) is 14.5. The molecule has 3 N–H and O–H groups in total. The number of hydrogen-bond donors (Lipinski definition) is 3. The summed E-state index contributed by atoms with van der Waals surface area (Å²) in [6.07, 6.45) is -6.50. The van der Waals surface area contributed by atoms with Gasteiger partial charge in [-0.25, -0.2) is 22.0 Å². The third kappa shape index (κ3) is 9.23. The molecule has 2 aliphatic heterocycles. The molecule has 14 nitrogen and oxygen atoms in total. The smallest absolute Gasteiger partial charge is 0.408 e. The first kappa shape index (κ1) is 45.1. The van der Waals surface area contributed by atoms with Gasteiger partial charge < -0.3 is 24.8 Å². The van der Waals surface area contributed by atoms with Crippen molar-refractivity contribution < 1.29 is 64.1 Å². The Morgan fingerprint density at radius 2 is 1.87 bits per heavy atom. The number of carbonyl (C=O) groups excluding carboxylic acids is 3. The van der Waals surface area contributed by atoms with Crippen LogP contribution in [0.4, 0.5) is 26.7 Å². The molecule has 2 saturated carbocycles. The molecule has 21 heteroatoms. The normalized spacial score (nSPS) is 28.8. The zero-order chi connectivity index (χ0) is 44.1. The molecule has 3 heterocycles. The van der Waals surface area contributed by atoms with Gasteiger partial charge in [-0.1, -0.05) is 43.7 Å². The first-order valence-electron chi connectivity index (χ1n) is 19.6. The van der Waals surface area contributed by atoms with Gasteiger partial charge in [-0.2, -0.15) is 18.2 Å². The lowest BCUT2D eigenvalue weighted by Crippen LogP contribution is -2.62. The lowest BCUT2D eigenvalue weighted by Gasteiger charge is -2.40. The van der Waals surface area contributed by atoms with Crippen LogP contribution in [0, 0.1) is 17.8 Å². The van der Waals surface area contributed by atoms with Gasteiger partial charge in [0.1, 0.15) is 29.8 Å². The van der Waals surface area contributed by atoms with Crippen molar-refractivity contribution in [2.24, 2.45) is 17.8 Å². The summed E-state index contributed by atoms with van der Waals surface area (Å²) in [6, 6.07) is -0.285. The van der Waals surface area contributed by atoms with Gasteiger partial charge in [0.25, 0.3) is 12.3 Å². The van der Waals surface area contributed by atoms with Crippen LogP contribution in [0.1, 0.15) is 72.6 Å². The van der Waals surface area contributed by atoms with Gasteiger partial charge >= 0.3 is 12.3 Å². The van der Waals surface area contributed by atoms with Gasteiger partial charge in [-0.3, -0.25) is 24.0 Å². The zero-order valence-corrected chi connectivity index (χ0v) is 34.8. The van der Waals surface area contributed by atoms with Crippen LogP contribution in [0.3, 0.4) is 0 Å². The molecule has 6 rings (SSSR count). The van der Waals surface area contributed by atoms with Gasteiger partial charge in [0.15, 0.2) is 6.61 Å². The molecule has 2 aromatic rings. The molecule has 0 unspecified atom stereocenters. The van der Waals surface area contributed by atoms with E-state index in [0.29, 0.717) is 32.6 Å². The van der Waals surface area contributed by atoms with E-state index in [2.05, 4.69) is 15.0 Å². The fourth-order valence-corrected chi connectivity index (χ4v) is 9.65. The predicted octanol–water partition coefficient (Wildman–Crippen LogP) is 6.07. The summed E-state index contributed by atoms with van der Waals surface area (Å²) in [5.41, 5.74) is -1.79. The molecule has 1 saturated heterocycles. The van der Waals surface area contributed by atoms with E-state index in [9.17, 15) is 54.7 Å². The van der Waals surface area contributed by atoms with Crippen molar-refractivity contribution in [3.05, 3.63) is 41.4 Å². The number of allylic oxidation sites excluding steroid dienone is 1. The number of amides is 4. The van der Waals surface area contributed by atoms with Crippen molar-refractivity contribution >= 4 is 56.2 Å². The summed E-state index contributed by atoms with van der Waals surface area (Å²) in [5, 5.41) is 13.7. The minimum atomic E-state index is -5.09. The second-order valence-corrected chi connectivity index (χ2v) is 19.2. The van der Waals surface area contributed by atoms with Crippen molar-refractivity contribution in [3.8, 4) is 11.8 Å². The summed E-state index contributed by atoms with van der Waals surface area (Å²) < 4.78 is 108. The minimum Gasteiger partial charge on any atom is -0.472 e. The maximum Gasteiger partial charge on any atom is 0.408 e. The van der Waals surface area contributed by atoms with Crippen LogP contribution >= 0.6 is 11.6 Å². The molecule has 3 fully saturated rings. The Labute approximate surface area is 348 Å². The molecule has 2 aliphatic carbocycles. The Bertz CT molecular complexity index is 2160. The van der Waals surface area contributed by atoms with Gasteiger partial charge in [0, 0.05) is 34.2 Å². The number of aromatic nitrogens is 1. The molecule has 8 atom stereocenters. The van der Waals surface area contributed by atoms with Crippen molar-refractivity contribution in [3.63, 3.8) is 0 Å². The number of sulfonamides is 1. The molecule has 0 bridgehead atoms. The summed E-state index contributed by atoms with van der Waals surface area (Å²) in [4.78, 5) is 61.3. The van der Waals surface area contributed by atoms with E-state index in [-0.39, 0.29) is 57.6 Å². The van der Waals surface area contributed by atoms with Gasteiger partial charge in [-0.05, 0) is 76.3 Å².